The molecule has 1 N–H and O–H groups in total. The van der Waals surface area contributed by atoms with E-state index >= 15 is 0 Å². The molecule has 0 fully saturated rings. The van der Waals surface area contributed by atoms with Crippen molar-refractivity contribution in [1.29, 1.82) is 0 Å². The molecular formula is C17H11Cl2FN2O. The molecule has 0 saturated heterocycles. The lowest BCUT2D eigenvalue weighted by Crippen LogP contribution is -2.25. The van der Waals surface area contributed by atoms with Crippen LogP contribution in [0.25, 0.3) is 6.08 Å². The summed E-state index contributed by atoms with van der Waals surface area (Å²) in [6.45, 7) is 0. The zero-order chi connectivity index (χ0) is 16.4. The number of halogens is 3. The molecule has 0 unspecified atom stereocenters. The second-order valence-electron chi connectivity index (χ2n) is 5.02. The van der Waals surface area contributed by atoms with E-state index in [9.17, 15) is 9.18 Å². The van der Waals surface area contributed by atoms with Crippen molar-refractivity contribution in [2.45, 2.75) is 6.42 Å². The fourth-order valence-electron chi connectivity index (χ4n) is 2.16. The third-order valence-corrected chi connectivity index (χ3v) is 4.02. The molecule has 1 heterocycles. The van der Waals surface area contributed by atoms with Gasteiger partial charge in [-0.1, -0.05) is 41.4 Å². The second kappa shape index (κ2) is 6.52. The normalized spacial score (nSPS) is 15.7. The molecule has 0 spiro atoms. The van der Waals surface area contributed by atoms with Gasteiger partial charge in [-0.15, -0.1) is 0 Å². The van der Waals surface area contributed by atoms with Crippen LogP contribution in [0.5, 0.6) is 0 Å². The lowest BCUT2D eigenvalue weighted by Gasteiger charge is -2.00. The number of carbonyl (C=O) groups is 1. The molecular weight excluding hydrogens is 338 g/mol. The van der Waals surface area contributed by atoms with Crippen molar-refractivity contribution >= 4 is 41.0 Å². The average molecular weight is 349 g/mol. The molecule has 1 aliphatic heterocycles. The minimum absolute atomic E-state index is 0.284. The third-order valence-electron chi connectivity index (χ3n) is 3.28. The summed E-state index contributed by atoms with van der Waals surface area (Å²) in [5.41, 5.74) is 1.89. The van der Waals surface area contributed by atoms with Crippen molar-refractivity contribution < 1.29 is 9.18 Å². The summed E-state index contributed by atoms with van der Waals surface area (Å²) >= 11 is 11.8. The van der Waals surface area contributed by atoms with Gasteiger partial charge in [0.05, 0.1) is 10.0 Å². The first kappa shape index (κ1) is 15.7. The fourth-order valence-corrected chi connectivity index (χ4v) is 2.46. The molecule has 0 bridgehead atoms. The number of nitrogens with one attached hydrogen (secondary N) is 1. The van der Waals surface area contributed by atoms with Gasteiger partial charge in [0.25, 0.3) is 5.91 Å². The molecule has 0 saturated carbocycles. The Labute approximate surface area is 142 Å². The van der Waals surface area contributed by atoms with Crippen LogP contribution in [0.15, 0.2) is 53.2 Å². The van der Waals surface area contributed by atoms with Crippen molar-refractivity contribution in [3.8, 4) is 0 Å². The van der Waals surface area contributed by atoms with Crippen molar-refractivity contribution in [2.24, 2.45) is 4.99 Å². The SMILES string of the molecule is O=C1NC(Cc2ccc(F)cc2)=N/C1=C/c1ccc(Cl)c(Cl)c1. The minimum atomic E-state index is -0.300. The van der Waals surface area contributed by atoms with Crippen molar-refractivity contribution in [3.05, 3.63) is 75.2 Å². The molecule has 23 heavy (non-hydrogen) atoms. The number of amidine groups is 1. The zero-order valence-electron chi connectivity index (χ0n) is 11.8. The second-order valence-corrected chi connectivity index (χ2v) is 5.83. The van der Waals surface area contributed by atoms with Gasteiger partial charge in [0.15, 0.2) is 0 Å². The van der Waals surface area contributed by atoms with Gasteiger partial charge in [-0.3, -0.25) is 4.79 Å². The van der Waals surface area contributed by atoms with Gasteiger partial charge < -0.3 is 5.32 Å². The molecule has 1 amide bonds. The van der Waals surface area contributed by atoms with Gasteiger partial charge >= 0.3 is 0 Å². The van der Waals surface area contributed by atoms with E-state index in [0.29, 0.717) is 28.0 Å². The van der Waals surface area contributed by atoms with Gasteiger partial charge in [-0.2, -0.15) is 0 Å². The van der Waals surface area contributed by atoms with Crippen molar-refractivity contribution in [2.75, 3.05) is 0 Å². The monoisotopic (exact) mass is 348 g/mol. The number of hydrogen-bond donors (Lipinski definition) is 1. The van der Waals surface area contributed by atoms with E-state index in [0.717, 1.165) is 11.1 Å². The number of benzene rings is 2. The Morgan fingerprint density at radius 2 is 1.83 bits per heavy atom. The topological polar surface area (TPSA) is 41.5 Å². The van der Waals surface area contributed by atoms with E-state index in [1.165, 1.54) is 12.1 Å². The molecule has 2 aromatic rings. The summed E-state index contributed by atoms with van der Waals surface area (Å²) in [6, 6.07) is 11.1. The quantitative estimate of drug-likeness (QED) is 0.828. The van der Waals surface area contributed by atoms with E-state index in [-0.39, 0.29) is 11.7 Å². The van der Waals surface area contributed by atoms with Crippen LogP contribution < -0.4 is 5.32 Å². The number of nitrogens with zero attached hydrogens (tertiary/aromatic N) is 1. The molecule has 0 aliphatic carbocycles. The highest BCUT2D eigenvalue weighted by Gasteiger charge is 2.20. The van der Waals surface area contributed by atoms with Crippen LogP contribution in [0.2, 0.25) is 10.0 Å². The van der Waals surface area contributed by atoms with Crippen LogP contribution in [0.3, 0.4) is 0 Å². The van der Waals surface area contributed by atoms with Crippen molar-refractivity contribution in [3.63, 3.8) is 0 Å². The van der Waals surface area contributed by atoms with Crippen LogP contribution in [-0.4, -0.2) is 11.7 Å². The Kier molecular flexibility index (Phi) is 4.46. The van der Waals surface area contributed by atoms with Gasteiger partial charge in [0, 0.05) is 6.42 Å². The number of carbonyl (C=O) groups excluding carboxylic acids is 1. The van der Waals surface area contributed by atoms with E-state index in [4.69, 9.17) is 23.2 Å². The molecule has 116 valence electrons. The molecule has 3 rings (SSSR count). The molecule has 1 aliphatic rings. The maximum Gasteiger partial charge on any atom is 0.275 e. The predicted octanol–water partition coefficient (Wildman–Crippen LogP) is 4.24. The number of amides is 1. The van der Waals surface area contributed by atoms with E-state index in [1.807, 2.05) is 0 Å². The standard InChI is InChI=1S/C17H11Cl2FN2O/c18-13-6-3-11(7-14(13)19)8-15-17(23)22-16(21-15)9-10-1-4-12(20)5-2-10/h1-8H,9H2,(H,21,22,23)/b15-8+. The summed E-state index contributed by atoms with van der Waals surface area (Å²) in [5, 5.41) is 3.56. The number of hydrogen-bond acceptors (Lipinski definition) is 2. The summed E-state index contributed by atoms with van der Waals surface area (Å²) in [4.78, 5) is 16.3. The van der Waals surface area contributed by atoms with Gasteiger partial charge in [0.2, 0.25) is 0 Å². The largest absolute Gasteiger partial charge is 0.308 e. The Morgan fingerprint density at radius 3 is 2.52 bits per heavy atom. The van der Waals surface area contributed by atoms with Gasteiger partial charge in [-0.25, -0.2) is 9.38 Å². The first-order chi connectivity index (χ1) is 11.0. The smallest absolute Gasteiger partial charge is 0.275 e. The molecule has 2 aromatic carbocycles. The molecule has 0 aromatic heterocycles. The molecule has 3 nitrogen and oxygen atoms in total. The van der Waals surface area contributed by atoms with Crippen LogP contribution >= 0.6 is 23.2 Å². The first-order valence-electron chi connectivity index (χ1n) is 6.81. The maximum absolute atomic E-state index is 12.9. The van der Waals surface area contributed by atoms with Gasteiger partial charge in [-0.05, 0) is 41.5 Å². The minimum Gasteiger partial charge on any atom is -0.308 e. The van der Waals surface area contributed by atoms with Crippen LogP contribution in [0.1, 0.15) is 11.1 Å². The Bertz CT molecular complexity index is 829. The van der Waals surface area contributed by atoms with Crippen molar-refractivity contribution in [1.82, 2.24) is 5.32 Å². The van der Waals surface area contributed by atoms with Crippen LogP contribution in [0, 0.1) is 5.82 Å². The van der Waals surface area contributed by atoms with Crippen LogP contribution in [0.4, 0.5) is 4.39 Å². The summed E-state index contributed by atoms with van der Waals surface area (Å²) in [5.74, 6) is -0.0625. The first-order valence-corrected chi connectivity index (χ1v) is 7.57. The Hall–Kier alpha value is -2.17. The van der Waals surface area contributed by atoms with E-state index < -0.39 is 0 Å². The predicted molar refractivity (Wildman–Crippen MR) is 90.1 cm³/mol. The lowest BCUT2D eigenvalue weighted by atomic mass is 10.1. The van der Waals surface area contributed by atoms with Crippen LogP contribution in [-0.2, 0) is 11.2 Å². The highest BCUT2D eigenvalue weighted by atomic mass is 35.5. The lowest BCUT2D eigenvalue weighted by molar-refractivity contribution is -0.115. The van der Waals surface area contributed by atoms with E-state index in [2.05, 4.69) is 10.3 Å². The Morgan fingerprint density at radius 1 is 1.09 bits per heavy atom. The molecule has 6 heteroatoms. The summed E-state index contributed by atoms with van der Waals surface area (Å²) in [6.07, 6.45) is 2.06. The molecule has 0 atom stereocenters. The maximum atomic E-state index is 12.9. The highest BCUT2D eigenvalue weighted by molar-refractivity contribution is 6.42. The Balaban J connectivity index is 1.81. The highest BCUT2D eigenvalue weighted by Crippen LogP contribution is 2.24. The average Bonchev–Trinajstić information content (AvgIpc) is 2.85. The van der Waals surface area contributed by atoms with E-state index in [1.54, 1.807) is 36.4 Å². The number of aliphatic imine (C=N–C) groups is 1. The third kappa shape index (κ3) is 3.78. The zero-order valence-corrected chi connectivity index (χ0v) is 13.3. The van der Waals surface area contributed by atoms with Gasteiger partial charge in [0.1, 0.15) is 17.3 Å². The fraction of sp³-hybridized carbons (Fsp3) is 0.0588. The summed E-state index contributed by atoms with van der Waals surface area (Å²) < 4.78 is 12.9. The summed E-state index contributed by atoms with van der Waals surface area (Å²) in [7, 11) is 0. The molecule has 0 radical (unpaired) electrons. The number of rotatable bonds is 3.